The summed E-state index contributed by atoms with van der Waals surface area (Å²) in [5.74, 6) is -0.435. The Morgan fingerprint density at radius 2 is 1.81 bits per heavy atom. The van der Waals surface area contributed by atoms with Gasteiger partial charge in [-0.15, -0.1) is 0 Å². The molecule has 1 aliphatic rings. The maximum atomic E-state index is 11.5. The number of nitrogens with zero attached hydrogens (tertiary/aromatic N) is 2. The maximum Gasteiger partial charge on any atom is 0.306 e. The lowest BCUT2D eigenvalue weighted by atomic mass is 9.73. The maximum absolute atomic E-state index is 11.5. The predicted molar refractivity (Wildman–Crippen MR) is 73.9 cm³/mol. The monoisotopic (exact) mass is 302 g/mol. The van der Waals surface area contributed by atoms with Gasteiger partial charge in [-0.3, -0.25) is 25.0 Å². The molecule has 8 heteroatoms. The molecule has 1 aliphatic carbocycles. The Kier molecular flexibility index (Phi) is 5.62. The summed E-state index contributed by atoms with van der Waals surface area (Å²) in [7, 11) is 0. The highest BCUT2D eigenvalue weighted by molar-refractivity contribution is 5.69. The fraction of sp³-hybridized carbons (Fsp3) is 0.923. The third-order valence-corrected chi connectivity index (χ3v) is 4.74. The topological polar surface area (TPSA) is 113 Å². The fourth-order valence-electron chi connectivity index (χ4n) is 3.37. The molecule has 0 amide bonds. The molecule has 3 atom stereocenters. The van der Waals surface area contributed by atoms with Gasteiger partial charge in [0.25, 0.3) is 0 Å². The molecule has 1 saturated carbocycles. The molecule has 0 N–H and O–H groups in total. The zero-order valence-corrected chi connectivity index (χ0v) is 12.6. The van der Waals surface area contributed by atoms with Crippen LogP contribution < -0.4 is 0 Å². The Hall–Kier alpha value is -1.73. The Morgan fingerprint density at radius 1 is 1.29 bits per heavy atom. The van der Waals surface area contributed by atoms with E-state index >= 15 is 0 Å². The molecule has 1 fully saturated rings. The van der Waals surface area contributed by atoms with Crippen LogP contribution in [0, 0.1) is 31.6 Å². The number of hydrogen-bond donors (Lipinski definition) is 0. The van der Waals surface area contributed by atoms with E-state index in [-0.39, 0.29) is 24.9 Å². The molecule has 0 aromatic heterocycles. The molecule has 0 bridgehead atoms. The van der Waals surface area contributed by atoms with Crippen LogP contribution in [0.15, 0.2) is 0 Å². The van der Waals surface area contributed by atoms with Gasteiger partial charge in [0.05, 0.1) is 6.61 Å². The van der Waals surface area contributed by atoms with Gasteiger partial charge in [-0.2, -0.15) is 0 Å². The number of nitro groups is 2. The number of carbonyl (C=O) groups excluding carboxylic acids is 1. The first kappa shape index (κ1) is 17.3. The van der Waals surface area contributed by atoms with Crippen molar-refractivity contribution >= 4 is 5.97 Å². The van der Waals surface area contributed by atoms with Crippen molar-refractivity contribution in [1.29, 1.82) is 0 Å². The summed E-state index contributed by atoms with van der Waals surface area (Å²) in [6, 6.07) is -2.02. The van der Waals surface area contributed by atoms with Crippen molar-refractivity contribution in [2.24, 2.45) is 11.3 Å². The van der Waals surface area contributed by atoms with Gasteiger partial charge in [0, 0.05) is 30.1 Å². The van der Waals surface area contributed by atoms with E-state index in [4.69, 9.17) is 4.74 Å². The zero-order valence-electron chi connectivity index (χ0n) is 12.6. The minimum absolute atomic E-state index is 0.0890. The molecule has 0 spiro atoms. The lowest BCUT2D eigenvalue weighted by Gasteiger charge is -2.30. The molecular formula is C13H22N2O6. The van der Waals surface area contributed by atoms with Crippen molar-refractivity contribution in [3.05, 3.63) is 20.2 Å². The van der Waals surface area contributed by atoms with Crippen molar-refractivity contribution in [1.82, 2.24) is 0 Å². The van der Waals surface area contributed by atoms with Crippen LogP contribution in [0.4, 0.5) is 0 Å². The van der Waals surface area contributed by atoms with Gasteiger partial charge in [-0.05, 0) is 32.1 Å². The highest BCUT2D eigenvalue weighted by Gasteiger charge is 2.57. The summed E-state index contributed by atoms with van der Waals surface area (Å²) in [5, 5.41) is 22.3. The molecule has 21 heavy (non-hydrogen) atoms. The van der Waals surface area contributed by atoms with Crippen molar-refractivity contribution in [3.63, 3.8) is 0 Å². The normalized spacial score (nSPS) is 27.9. The average Bonchev–Trinajstić information content (AvgIpc) is 2.81. The highest BCUT2D eigenvalue weighted by Crippen LogP contribution is 2.49. The van der Waals surface area contributed by atoms with Gasteiger partial charge < -0.3 is 4.74 Å². The van der Waals surface area contributed by atoms with E-state index in [0.717, 1.165) is 0 Å². The van der Waals surface area contributed by atoms with E-state index in [1.54, 1.807) is 6.92 Å². The van der Waals surface area contributed by atoms with E-state index in [0.29, 0.717) is 19.3 Å². The molecule has 0 radical (unpaired) electrons. The first-order valence-electron chi connectivity index (χ1n) is 7.17. The van der Waals surface area contributed by atoms with Crippen LogP contribution in [0.3, 0.4) is 0 Å². The molecule has 0 aliphatic heterocycles. The lowest BCUT2D eigenvalue weighted by molar-refractivity contribution is -0.587. The Morgan fingerprint density at radius 3 is 2.24 bits per heavy atom. The highest BCUT2D eigenvalue weighted by atomic mass is 16.6. The van der Waals surface area contributed by atoms with Crippen molar-refractivity contribution in [3.8, 4) is 0 Å². The molecule has 3 unspecified atom stereocenters. The average molecular weight is 302 g/mol. The standard InChI is InChI=1S/C13H22N2O6/c1-4-21-12(16)7-11-5-6-13(8-11,9(2)14(17)18)10(3)15(19)20/h9-11H,4-8H2,1-3H3. The first-order valence-corrected chi connectivity index (χ1v) is 7.17. The van der Waals surface area contributed by atoms with Gasteiger partial charge in [0.15, 0.2) is 0 Å². The molecule has 0 saturated heterocycles. The summed E-state index contributed by atoms with van der Waals surface area (Å²) >= 11 is 0. The van der Waals surface area contributed by atoms with E-state index in [9.17, 15) is 25.0 Å². The quantitative estimate of drug-likeness (QED) is 0.404. The summed E-state index contributed by atoms with van der Waals surface area (Å²) < 4.78 is 4.88. The van der Waals surface area contributed by atoms with Crippen LogP contribution in [0.2, 0.25) is 0 Å². The molecule has 120 valence electrons. The van der Waals surface area contributed by atoms with Crippen molar-refractivity contribution in [2.75, 3.05) is 6.61 Å². The molecule has 1 rings (SSSR count). The van der Waals surface area contributed by atoms with Gasteiger partial charge >= 0.3 is 5.97 Å². The summed E-state index contributed by atoms with van der Waals surface area (Å²) in [6.07, 6.45) is 1.46. The fourth-order valence-corrected chi connectivity index (χ4v) is 3.37. The second-order valence-corrected chi connectivity index (χ2v) is 5.77. The van der Waals surface area contributed by atoms with E-state index in [2.05, 4.69) is 0 Å². The minimum atomic E-state index is -1.01. The summed E-state index contributed by atoms with van der Waals surface area (Å²) in [5.41, 5.74) is -0.996. The first-order chi connectivity index (χ1) is 9.74. The second kappa shape index (κ2) is 6.82. The number of esters is 1. The van der Waals surface area contributed by atoms with Crippen LogP contribution in [0.5, 0.6) is 0 Å². The lowest BCUT2D eigenvalue weighted by Crippen LogP contribution is -2.48. The predicted octanol–water partition coefficient (Wildman–Crippen LogP) is 2.06. The molecule has 8 nitrogen and oxygen atoms in total. The van der Waals surface area contributed by atoms with Crippen LogP contribution in [-0.4, -0.2) is 34.5 Å². The molecule has 0 heterocycles. The Labute approximate surface area is 123 Å². The van der Waals surface area contributed by atoms with Gasteiger partial charge in [-0.1, -0.05) is 0 Å². The Balaban J connectivity index is 2.89. The smallest absolute Gasteiger partial charge is 0.306 e. The summed E-state index contributed by atoms with van der Waals surface area (Å²) in [6.45, 7) is 4.84. The Bertz CT molecular complexity index is 405. The second-order valence-electron chi connectivity index (χ2n) is 5.77. The van der Waals surface area contributed by atoms with Gasteiger partial charge in [-0.25, -0.2) is 0 Å². The van der Waals surface area contributed by atoms with Gasteiger partial charge in [0.2, 0.25) is 12.1 Å². The van der Waals surface area contributed by atoms with Crippen LogP contribution >= 0.6 is 0 Å². The largest absolute Gasteiger partial charge is 0.466 e. The number of hydrogen-bond acceptors (Lipinski definition) is 6. The van der Waals surface area contributed by atoms with Crippen molar-refractivity contribution < 1.29 is 19.4 Å². The number of rotatable bonds is 7. The molecular weight excluding hydrogens is 280 g/mol. The van der Waals surface area contributed by atoms with Crippen LogP contribution in [0.1, 0.15) is 46.5 Å². The third-order valence-electron chi connectivity index (χ3n) is 4.74. The van der Waals surface area contributed by atoms with E-state index in [1.165, 1.54) is 13.8 Å². The zero-order chi connectivity index (χ0) is 16.2. The number of ether oxygens (including phenoxy) is 1. The van der Waals surface area contributed by atoms with E-state index < -0.39 is 27.3 Å². The van der Waals surface area contributed by atoms with Crippen LogP contribution in [0.25, 0.3) is 0 Å². The molecule has 0 aromatic rings. The molecule has 0 aromatic carbocycles. The van der Waals surface area contributed by atoms with Crippen LogP contribution in [-0.2, 0) is 9.53 Å². The SMILES string of the molecule is CCOC(=O)CC1CCC(C(C)[N+](=O)[O-])(C(C)[N+](=O)[O-])C1. The van der Waals surface area contributed by atoms with Crippen molar-refractivity contribution in [2.45, 2.75) is 58.5 Å². The minimum Gasteiger partial charge on any atom is -0.466 e. The third kappa shape index (κ3) is 3.68. The van der Waals surface area contributed by atoms with Gasteiger partial charge in [0.1, 0.15) is 5.41 Å². The summed E-state index contributed by atoms with van der Waals surface area (Å²) in [4.78, 5) is 32.9. The van der Waals surface area contributed by atoms with E-state index in [1.807, 2.05) is 0 Å². The number of carbonyl (C=O) groups is 1.